The highest BCUT2D eigenvalue weighted by Gasteiger charge is 2.34. The summed E-state index contributed by atoms with van der Waals surface area (Å²) < 4.78 is 51.3. The molecule has 0 aromatic rings. The fourth-order valence-electron chi connectivity index (χ4n) is 2.82. The topological polar surface area (TPSA) is 97.8 Å². The molecule has 2 aliphatic heterocycles. The number of halogens is 1. The molecule has 2 heterocycles. The molecule has 1 amide bonds. The van der Waals surface area contributed by atoms with Crippen LogP contribution in [0, 0.1) is 0 Å². The maximum Gasteiger partial charge on any atom is 0.237 e. The second-order valence-electron chi connectivity index (χ2n) is 5.67. The lowest BCUT2D eigenvalue weighted by atomic mass is 10.2. The molecule has 2 atom stereocenters. The quantitative estimate of drug-likeness (QED) is 0.579. The van der Waals surface area contributed by atoms with Gasteiger partial charge in [-0.3, -0.25) is 4.79 Å². The van der Waals surface area contributed by atoms with E-state index in [1.807, 2.05) is 0 Å². The maximum atomic E-state index is 11.9. The van der Waals surface area contributed by atoms with Gasteiger partial charge in [-0.05, 0) is 12.8 Å². The summed E-state index contributed by atoms with van der Waals surface area (Å²) >= 11 is 5.58. The van der Waals surface area contributed by atoms with Gasteiger partial charge in [0.1, 0.15) is 5.88 Å². The molecule has 0 aromatic carbocycles. The van der Waals surface area contributed by atoms with Crippen LogP contribution in [-0.2, 0) is 29.2 Å². The number of nitrogens with zero attached hydrogens (tertiary/aromatic N) is 1. The number of hydrogen-bond acceptors (Lipinski definition) is 6. The van der Waals surface area contributed by atoms with Crippen molar-refractivity contribution in [3.63, 3.8) is 0 Å². The number of hydrogen-bond donors (Lipinski definition) is 0. The molecular weight excluding hydrogens is 354 g/mol. The summed E-state index contributed by atoms with van der Waals surface area (Å²) in [6, 6.07) is -0.368. The van der Waals surface area contributed by atoms with Crippen molar-refractivity contribution in [1.29, 1.82) is 0 Å². The predicted octanol–water partition coefficient (Wildman–Crippen LogP) is -0.555. The van der Waals surface area contributed by atoms with Crippen LogP contribution in [0.4, 0.5) is 0 Å². The largest absolute Gasteiger partial charge is 0.375 e. The molecule has 2 fully saturated rings. The minimum Gasteiger partial charge on any atom is -0.375 e. The van der Waals surface area contributed by atoms with E-state index < -0.39 is 19.7 Å². The van der Waals surface area contributed by atoms with E-state index in [-0.39, 0.29) is 60.1 Å². The third-order valence-corrected chi connectivity index (χ3v) is 7.68. The molecule has 0 radical (unpaired) electrons. The van der Waals surface area contributed by atoms with Gasteiger partial charge in [-0.15, -0.1) is 11.6 Å². The molecule has 0 spiro atoms. The Labute approximate surface area is 135 Å². The van der Waals surface area contributed by atoms with Crippen molar-refractivity contribution in [3.8, 4) is 0 Å². The highest BCUT2D eigenvalue weighted by Crippen LogP contribution is 2.19. The monoisotopic (exact) mass is 373 g/mol. The lowest BCUT2D eigenvalue weighted by Crippen LogP contribution is -2.44. The van der Waals surface area contributed by atoms with Gasteiger partial charge < -0.3 is 9.64 Å². The predicted molar refractivity (Wildman–Crippen MR) is 82.5 cm³/mol. The van der Waals surface area contributed by atoms with E-state index in [0.717, 1.165) is 0 Å². The summed E-state index contributed by atoms with van der Waals surface area (Å²) in [7, 11) is -6.10. The van der Waals surface area contributed by atoms with Crippen LogP contribution in [-0.4, -0.2) is 81.8 Å². The fourth-order valence-corrected chi connectivity index (χ4v) is 6.32. The zero-order valence-electron chi connectivity index (χ0n) is 12.1. The standard InChI is InChI=1S/C12H20ClNO6S2/c13-7-12(15)14(10-1-5-21(16,17)8-10)3-4-20-11-2-6-22(18,19)9-11/h10-11H,1-9H2/t10-,11-/m1/s1. The van der Waals surface area contributed by atoms with Gasteiger partial charge in [0.15, 0.2) is 19.7 Å². The van der Waals surface area contributed by atoms with Gasteiger partial charge in [0.2, 0.25) is 5.91 Å². The van der Waals surface area contributed by atoms with Crippen molar-refractivity contribution in [3.05, 3.63) is 0 Å². The van der Waals surface area contributed by atoms with Crippen LogP contribution in [0.3, 0.4) is 0 Å². The van der Waals surface area contributed by atoms with Crippen LogP contribution in [0.15, 0.2) is 0 Å². The minimum absolute atomic E-state index is 0.00819. The molecule has 7 nitrogen and oxygen atoms in total. The first kappa shape index (κ1) is 18.0. The van der Waals surface area contributed by atoms with Gasteiger partial charge in [0.25, 0.3) is 0 Å². The van der Waals surface area contributed by atoms with Gasteiger partial charge in [0.05, 0.1) is 35.7 Å². The molecule has 10 heteroatoms. The SMILES string of the molecule is O=C(CCl)N(CCO[C@@H]1CCS(=O)(=O)C1)[C@@H]1CCS(=O)(=O)C1. The molecule has 128 valence electrons. The molecule has 0 aliphatic carbocycles. The van der Waals surface area contributed by atoms with Crippen molar-refractivity contribution in [2.24, 2.45) is 0 Å². The first-order chi connectivity index (χ1) is 10.2. The van der Waals surface area contributed by atoms with E-state index in [9.17, 15) is 21.6 Å². The van der Waals surface area contributed by atoms with Crippen molar-refractivity contribution in [1.82, 2.24) is 4.90 Å². The van der Waals surface area contributed by atoms with E-state index in [1.54, 1.807) is 0 Å². The molecule has 0 N–H and O–H groups in total. The number of ether oxygens (including phenoxy) is 1. The molecule has 0 aromatic heterocycles. The van der Waals surface area contributed by atoms with Crippen molar-refractivity contribution in [2.75, 3.05) is 42.0 Å². The maximum absolute atomic E-state index is 11.9. The number of carbonyl (C=O) groups excluding carboxylic acids is 1. The Morgan fingerprint density at radius 3 is 2.23 bits per heavy atom. The van der Waals surface area contributed by atoms with Crippen LogP contribution >= 0.6 is 11.6 Å². The van der Waals surface area contributed by atoms with E-state index in [4.69, 9.17) is 16.3 Å². The normalized spacial score (nSPS) is 29.5. The number of alkyl halides is 1. The summed E-state index contributed by atoms with van der Waals surface area (Å²) in [5, 5.41) is 0. The molecule has 2 saturated heterocycles. The van der Waals surface area contributed by atoms with E-state index in [1.165, 1.54) is 4.90 Å². The fraction of sp³-hybridized carbons (Fsp3) is 0.917. The smallest absolute Gasteiger partial charge is 0.237 e. The Morgan fingerprint density at radius 2 is 1.73 bits per heavy atom. The van der Waals surface area contributed by atoms with Crippen molar-refractivity contribution in [2.45, 2.75) is 25.0 Å². The highest BCUT2D eigenvalue weighted by atomic mass is 35.5. The minimum atomic E-state index is -3.10. The van der Waals surface area contributed by atoms with Crippen LogP contribution in [0.1, 0.15) is 12.8 Å². The Morgan fingerprint density at radius 1 is 1.09 bits per heavy atom. The van der Waals surface area contributed by atoms with Gasteiger partial charge in [-0.1, -0.05) is 0 Å². The van der Waals surface area contributed by atoms with Gasteiger partial charge in [-0.25, -0.2) is 16.8 Å². The van der Waals surface area contributed by atoms with Crippen molar-refractivity contribution < 1.29 is 26.4 Å². The third-order valence-electron chi connectivity index (χ3n) is 3.96. The summed E-state index contributed by atoms with van der Waals surface area (Å²) in [6.45, 7) is 0.404. The van der Waals surface area contributed by atoms with Crippen LogP contribution < -0.4 is 0 Å². The number of sulfone groups is 2. The third kappa shape index (κ3) is 4.81. The lowest BCUT2D eigenvalue weighted by molar-refractivity contribution is -0.131. The number of rotatable bonds is 6. The molecule has 0 saturated carbocycles. The van der Waals surface area contributed by atoms with E-state index in [2.05, 4.69) is 0 Å². The van der Waals surface area contributed by atoms with E-state index >= 15 is 0 Å². The first-order valence-electron chi connectivity index (χ1n) is 7.10. The second kappa shape index (κ2) is 7.02. The second-order valence-corrected chi connectivity index (χ2v) is 10.4. The molecule has 22 heavy (non-hydrogen) atoms. The van der Waals surface area contributed by atoms with Gasteiger partial charge in [-0.2, -0.15) is 0 Å². The number of carbonyl (C=O) groups is 1. The Balaban J connectivity index is 1.87. The zero-order chi connectivity index (χ0) is 16.4. The Bertz CT molecular complexity index is 618. The highest BCUT2D eigenvalue weighted by molar-refractivity contribution is 7.91. The van der Waals surface area contributed by atoms with Gasteiger partial charge in [0, 0.05) is 12.6 Å². The zero-order valence-corrected chi connectivity index (χ0v) is 14.5. The molecule has 0 bridgehead atoms. The van der Waals surface area contributed by atoms with Gasteiger partial charge >= 0.3 is 0 Å². The molecule has 2 aliphatic rings. The summed E-state index contributed by atoms with van der Waals surface area (Å²) in [5.41, 5.74) is 0. The molecule has 0 unspecified atom stereocenters. The molecule has 2 rings (SSSR count). The van der Waals surface area contributed by atoms with E-state index in [0.29, 0.717) is 12.8 Å². The summed E-state index contributed by atoms with van der Waals surface area (Å²) in [5.74, 6) is -0.379. The summed E-state index contributed by atoms with van der Waals surface area (Å²) in [4.78, 5) is 13.3. The van der Waals surface area contributed by atoms with Crippen LogP contribution in [0.25, 0.3) is 0 Å². The Kier molecular flexibility index (Phi) is 5.73. The first-order valence-corrected chi connectivity index (χ1v) is 11.3. The van der Waals surface area contributed by atoms with Crippen LogP contribution in [0.5, 0.6) is 0 Å². The summed E-state index contributed by atoms with van der Waals surface area (Å²) in [6.07, 6.45) is 0.525. The lowest BCUT2D eigenvalue weighted by Gasteiger charge is -2.28. The molecular formula is C12H20ClNO6S2. The van der Waals surface area contributed by atoms with Crippen molar-refractivity contribution >= 4 is 37.2 Å². The average Bonchev–Trinajstić information content (AvgIpc) is 2.96. The van der Waals surface area contributed by atoms with Crippen LogP contribution in [0.2, 0.25) is 0 Å². The average molecular weight is 374 g/mol. The number of amides is 1. The Hall–Kier alpha value is -0.380.